The number of rotatable bonds is 5. The fourth-order valence-corrected chi connectivity index (χ4v) is 4.33. The average molecular weight is 410 g/mol. The van der Waals surface area contributed by atoms with Gasteiger partial charge in [0.15, 0.2) is 15.5 Å². The first-order valence-corrected chi connectivity index (χ1v) is 10.7. The molecule has 0 unspecified atom stereocenters. The van der Waals surface area contributed by atoms with Crippen LogP contribution in [0.3, 0.4) is 0 Å². The number of halogens is 1. The summed E-state index contributed by atoms with van der Waals surface area (Å²) in [7, 11) is -1.44. The first-order valence-electron chi connectivity index (χ1n) is 8.27. The van der Waals surface area contributed by atoms with Gasteiger partial charge in [-0.3, -0.25) is 4.68 Å². The quantitative estimate of drug-likeness (QED) is 0.670. The van der Waals surface area contributed by atoms with E-state index in [-0.39, 0.29) is 22.4 Å². The summed E-state index contributed by atoms with van der Waals surface area (Å²) in [4.78, 5) is 16.2. The molecule has 0 saturated carbocycles. The predicted molar refractivity (Wildman–Crippen MR) is 104 cm³/mol. The Balaban J connectivity index is 2.21. The van der Waals surface area contributed by atoms with Gasteiger partial charge in [-0.05, 0) is 23.1 Å². The van der Waals surface area contributed by atoms with Crippen molar-refractivity contribution in [2.75, 3.05) is 6.26 Å². The van der Waals surface area contributed by atoms with E-state index in [1.165, 1.54) is 0 Å². The highest BCUT2D eigenvalue weighted by Gasteiger charge is 2.30. The summed E-state index contributed by atoms with van der Waals surface area (Å²) in [5.74, 6) is -1.17. The molecule has 27 heavy (non-hydrogen) atoms. The van der Waals surface area contributed by atoms with Crippen LogP contribution >= 0.6 is 11.6 Å². The number of fused-ring (bicyclic) bond motifs is 1. The SMILES string of the molecule is CC(C)c1[nH]n(C)c2c(-c3ccc(CS(C)(=O)=O)c(Cl)c3)c(C(=O)O)nc1-2. The molecule has 0 fully saturated rings. The molecule has 1 aromatic carbocycles. The minimum atomic E-state index is -3.24. The van der Waals surface area contributed by atoms with Crippen molar-refractivity contribution >= 4 is 27.4 Å². The Morgan fingerprint density at radius 2 is 2.04 bits per heavy atom. The zero-order valence-corrected chi connectivity index (χ0v) is 16.9. The number of hydrogen-bond donors (Lipinski definition) is 2. The standard InChI is InChI=1S/C18H20ClN3O4S/c1-9(2)14-16-17(22(3)21-14)13(15(20-16)18(23)24)10-5-6-11(12(19)7-10)8-27(4,25)26/h5-7,9,21H,8H2,1-4H3,(H,23,24). The summed E-state index contributed by atoms with van der Waals surface area (Å²) in [6, 6.07) is 4.88. The van der Waals surface area contributed by atoms with Gasteiger partial charge in [-0.1, -0.05) is 37.6 Å². The van der Waals surface area contributed by atoms with Crippen molar-refractivity contribution in [1.82, 2.24) is 14.8 Å². The number of carbonyl (C=O) groups is 1. The average Bonchev–Trinajstić information content (AvgIpc) is 3.06. The molecule has 2 aliphatic rings. The predicted octanol–water partition coefficient (Wildman–Crippen LogP) is 3.54. The van der Waals surface area contributed by atoms with E-state index in [0.717, 1.165) is 11.9 Å². The summed E-state index contributed by atoms with van der Waals surface area (Å²) in [5.41, 5.74) is 3.56. The van der Waals surface area contributed by atoms with Crippen molar-refractivity contribution in [3.8, 4) is 22.5 Å². The Bertz CT molecular complexity index is 1110. The smallest absolute Gasteiger partial charge is 0.355 e. The molecular formula is C18H20ClN3O4S. The molecule has 0 atom stereocenters. The van der Waals surface area contributed by atoms with Crippen LogP contribution in [0.5, 0.6) is 0 Å². The Hall–Kier alpha value is -2.32. The van der Waals surface area contributed by atoms with Crippen molar-refractivity contribution in [1.29, 1.82) is 0 Å². The maximum absolute atomic E-state index is 11.8. The number of carboxylic acid groups (broad SMARTS) is 1. The van der Waals surface area contributed by atoms with Gasteiger partial charge in [0, 0.05) is 23.9 Å². The molecule has 0 saturated heterocycles. The lowest BCUT2D eigenvalue weighted by Gasteiger charge is -2.08. The van der Waals surface area contributed by atoms with Crippen molar-refractivity contribution < 1.29 is 18.3 Å². The summed E-state index contributed by atoms with van der Waals surface area (Å²) >= 11 is 6.28. The minimum absolute atomic E-state index is 0.0570. The van der Waals surface area contributed by atoms with Gasteiger partial charge >= 0.3 is 5.97 Å². The van der Waals surface area contributed by atoms with Crippen LogP contribution in [0.4, 0.5) is 0 Å². The van der Waals surface area contributed by atoms with Crippen LogP contribution in [0.1, 0.15) is 41.5 Å². The molecule has 2 N–H and O–H groups in total. The van der Waals surface area contributed by atoms with Gasteiger partial charge in [-0.2, -0.15) is 0 Å². The lowest BCUT2D eigenvalue weighted by atomic mass is 10.00. The topological polar surface area (TPSA) is 105 Å². The molecule has 0 bridgehead atoms. The van der Waals surface area contributed by atoms with E-state index in [9.17, 15) is 18.3 Å². The fourth-order valence-electron chi connectivity index (χ4n) is 3.19. The molecule has 0 spiro atoms. The third-order valence-corrected chi connectivity index (χ3v) is 5.53. The molecule has 144 valence electrons. The molecular weight excluding hydrogens is 390 g/mol. The number of aryl methyl sites for hydroxylation is 1. The summed E-state index contributed by atoms with van der Waals surface area (Å²) in [6.45, 7) is 3.99. The van der Waals surface area contributed by atoms with E-state index in [2.05, 4.69) is 10.1 Å². The largest absolute Gasteiger partial charge is 0.476 e. The number of aromatic nitrogens is 3. The third-order valence-electron chi connectivity index (χ3n) is 4.34. The number of carboxylic acids is 1. The van der Waals surface area contributed by atoms with Gasteiger partial charge < -0.3 is 10.2 Å². The van der Waals surface area contributed by atoms with Crippen molar-refractivity contribution in [2.24, 2.45) is 7.05 Å². The molecule has 2 aliphatic heterocycles. The number of benzene rings is 1. The Morgan fingerprint density at radius 1 is 1.37 bits per heavy atom. The second-order valence-corrected chi connectivity index (χ2v) is 9.50. The van der Waals surface area contributed by atoms with Crippen molar-refractivity contribution in [2.45, 2.75) is 25.5 Å². The number of H-pyrrole nitrogens is 1. The first-order chi connectivity index (χ1) is 12.5. The van der Waals surface area contributed by atoms with Crippen LogP contribution < -0.4 is 0 Å². The van der Waals surface area contributed by atoms with Crippen LogP contribution in [0, 0.1) is 0 Å². The zero-order chi connectivity index (χ0) is 20.1. The fraction of sp³-hybridized carbons (Fsp3) is 0.333. The van der Waals surface area contributed by atoms with Gasteiger partial charge in [0.25, 0.3) is 0 Å². The number of hydrogen-bond acceptors (Lipinski definition) is 4. The Kier molecular flexibility index (Phi) is 4.81. The number of aromatic carboxylic acids is 1. The molecule has 2 heterocycles. The van der Waals surface area contributed by atoms with Gasteiger partial charge in [0.1, 0.15) is 5.69 Å². The second kappa shape index (κ2) is 6.69. The Labute approximate surface area is 162 Å². The van der Waals surface area contributed by atoms with Crippen LogP contribution in [0.25, 0.3) is 22.5 Å². The van der Waals surface area contributed by atoms with Gasteiger partial charge in [0.05, 0.1) is 17.1 Å². The highest BCUT2D eigenvalue weighted by Crippen LogP contribution is 2.41. The summed E-state index contributed by atoms with van der Waals surface area (Å²) in [6.07, 6.45) is 1.14. The molecule has 3 rings (SSSR count). The van der Waals surface area contributed by atoms with E-state index in [0.29, 0.717) is 28.1 Å². The van der Waals surface area contributed by atoms with Crippen LogP contribution in [-0.4, -0.2) is 40.5 Å². The molecule has 0 radical (unpaired) electrons. The van der Waals surface area contributed by atoms with Crippen LogP contribution in [-0.2, 0) is 22.6 Å². The molecule has 0 aliphatic carbocycles. The number of nitrogens with one attached hydrogen (secondary N) is 1. The first kappa shape index (κ1) is 19.4. The lowest BCUT2D eigenvalue weighted by molar-refractivity contribution is 0.0692. The lowest BCUT2D eigenvalue weighted by Crippen LogP contribution is -2.03. The monoisotopic (exact) mass is 409 g/mol. The van der Waals surface area contributed by atoms with E-state index in [1.807, 2.05) is 13.8 Å². The van der Waals surface area contributed by atoms with E-state index < -0.39 is 15.8 Å². The van der Waals surface area contributed by atoms with Gasteiger partial charge in [-0.25, -0.2) is 18.2 Å². The maximum Gasteiger partial charge on any atom is 0.355 e. The molecule has 0 aromatic heterocycles. The summed E-state index contributed by atoms with van der Waals surface area (Å²) < 4.78 is 24.8. The van der Waals surface area contributed by atoms with Crippen molar-refractivity contribution in [3.63, 3.8) is 0 Å². The Morgan fingerprint density at radius 3 is 2.56 bits per heavy atom. The molecule has 1 aromatic rings. The maximum atomic E-state index is 11.8. The van der Waals surface area contributed by atoms with Crippen LogP contribution in [0.2, 0.25) is 5.02 Å². The highest BCUT2D eigenvalue weighted by atomic mass is 35.5. The summed E-state index contributed by atoms with van der Waals surface area (Å²) in [5, 5.41) is 13.1. The zero-order valence-electron chi connectivity index (χ0n) is 15.4. The van der Waals surface area contributed by atoms with E-state index in [4.69, 9.17) is 11.6 Å². The molecule has 9 heteroatoms. The van der Waals surface area contributed by atoms with Gasteiger partial charge in [-0.15, -0.1) is 0 Å². The highest BCUT2D eigenvalue weighted by molar-refractivity contribution is 7.89. The minimum Gasteiger partial charge on any atom is -0.476 e. The molecule has 0 amide bonds. The third kappa shape index (κ3) is 3.59. The number of nitrogens with zero attached hydrogens (tertiary/aromatic N) is 2. The number of sulfone groups is 1. The van der Waals surface area contributed by atoms with Crippen LogP contribution in [0.15, 0.2) is 18.2 Å². The van der Waals surface area contributed by atoms with Crippen molar-refractivity contribution in [3.05, 3.63) is 40.2 Å². The second-order valence-electron chi connectivity index (χ2n) is 6.95. The van der Waals surface area contributed by atoms with Gasteiger partial charge in [0.2, 0.25) is 0 Å². The number of aromatic amines is 1. The van der Waals surface area contributed by atoms with E-state index >= 15 is 0 Å². The molecule has 7 nitrogen and oxygen atoms in total. The van der Waals surface area contributed by atoms with E-state index in [1.54, 1.807) is 29.9 Å². The normalized spacial score (nSPS) is 12.2.